The first-order valence-corrected chi connectivity index (χ1v) is 5.46. The zero-order valence-electron chi connectivity index (χ0n) is 10.5. The first kappa shape index (κ1) is 12.1. The van der Waals surface area contributed by atoms with Crippen molar-refractivity contribution < 1.29 is 9.22 Å². The second kappa shape index (κ2) is 4.67. The Hall–Kier alpha value is -1.02. The lowest BCUT2D eigenvalue weighted by molar-refractivity contribution is -0.903. The molecule has 84 valence electrons. The number of hydrogen-bond acceptors (Lipinski definition) is 1. The SMILES string of the molecule is CC[N+](C)(C)COc1ccc(C)cc1C. The van der Waals surface area contributed by atoms with Gasteiger partial charge in [-0.05, 0) is 32.4 Å². The second-order valence-electron chi connectivity index (χ2n) is 4.79. The van der Waals surface area contributed by atoms with Crippen LogP contribution in [0.4, 0.5) is 0 Å². The van der Waals surface area contributed by atoms with Gasteiger partial charge in [-0.2, -0.15) is 0 Å². The number of rotatable bonds is 4. The standard InChI is InChI=1S/C13H22NO/c1-6-14(4,5)10-15-13-8-7-11(2)9-12(13)3/h7-9H,6,10H2,1-5H3/q+1. The van der Waals surface area contributed by atoms with E-state index in [9.17, 15) is 0 Å². The van der Waals surface area contributed by atoms with E-state index < -0.39 is 0 Å². The molecule has 0 bridgehead atoms. The maximum atomic E-state index is 5.82. The summed E-state index contributed by atoms with van der Waals surface area (Å²) in [6, 6.07) is 6.30. The molecule has 0 amide bonds. The van der Waals surface area contributed by atoms with E-state index in [-0.39, 0.29) is 0 Å². The third kappa shape index (κ3) is 3.56. The molecule has 0 heterocycles. The minimum Gasteiger partial charge on any atom is -0.445 e. The minimum absolute atomic E-state index is 0.723. The molecule has 1 aromatic carbocycles. The summed E-state index contributed by atoms with van der Waals surface area (Å²) in [6.07, 6.45) is 0. The number of quaternary nitrogens is 1. The Kier molecular flexibility index (Phi) is 3.75. The third-order valence-electron chi connectivity index (χ3n) is 2.76. The highest BCUT2D eigenvalue weighted by Gasteiger charge is 2.12. The normalized spacial score (nSPS) is 11.5. The highest BCUT2D eigenvalue weighted by molar-refractivity contribution is 5.35. The van der Waals surface area contributed by atoms with Crippen LogP contribution in [-0.4, -0.2) is 31.9 Å². The molecular weight excluding hydrogens is 186 g/mol. The first-order valence-electron chi connectivity index (χ1n) is 5.46. The summed E-state index contributed by atoms with van der Waals surface area (Å²) in [5.74, 6) is 1.00. The predicted octanol–water partition coefficient (Wildman–Crippen LogP) is 2.74. The maximum Gasteiger partial charge on any atom is 0.223 e. The van der Waals surface area contributed by atoms with Gasteiger partial charge < -0.3 is 4.74 Å². The smallest absolute Gasteiger partial charge is 0.223 e. The van der Waals surface area contributed by atoms with E-state index >= 15 is 0 Å². The van der Waals surface area contributed by atoms with Crippen LogP contribution in [0.15, 0.2) is 18.2 Å². The van der Waals surface area contributed by atoms with Crippen LogP contribution < -0.4 is 4.74 Å². The van der Waals surface area contributed by atoms with Gasteiger partial charge in [-0.1, -0.05) is 17.7 Å². The monoisotopic (exact) mass is 208 g/mol. The van der Waals surface area contributed by atoms with Gasteiger partial charge in [0.25, 0.3) is 0 Å². The van der Waals surface area contributed by atoms with E-state index in [0.717, 1.165) is 23.5 Å². The molecule has 0 aliphatic carbocycles. The fourth-order valence-corrected chi connectivity index (χ4v) is 1.30. The van der Waals surface area contributed by atoms with Crippen LogP contribution in [0.3, 0.4) is 0 Å². The number of benzene rings is 1. The lowest BCUT2D eigenvalue weighted by atomic mass is 10.1. The van der Waals surface area contributed by atoms with E-state index in [2.05, 4.69) is 53.1 Å². The summed E-state index contributed by atoms with van der Waals surface area (Å²) in [7, 11) is 4.34. The molecule has 0 N–H and O–H groups in total. The fourth-order valence-electron chi connectivity index (χ4n) is 1.30. The number of hydrogen-bond donors (Lipinski definition) is 0. The molecule has 0 aliphatic rings. The largest absolute Gasteiger partial charge is 0.445 e. The molecule has 0 fully saturated rings. The molecule has 0 aliphatic heterocycles. The van der Waals surface area contributed by atoms with Gasteiger partial charge in [-0.3, -0.25) is 4.48 Å². The van der Waals surface area contributed by atoms with Gasteiger partial charge in [0.05, 0.1) is 20.6 Å². The van der Waals surface area contributed by atoms with Gasteiger partial charge in [0.1, 0.15) is 5.75 Å². The van der Waals surface area contributed by atoms with Crippen LogP contribution in [0.5, 0.6) is 5.75 Å². The second-order valence-corrected chi connectivity index (χ2v) is 4.79. The summed E-state index contributed by atoms with van der Waals surface area (Å²) in [5.41, 5.74) is 2.50. The van der Waals surface area contributed by atoms with Gasteiger partial charge in [-0.15, -0.1) is 0 Å². The Morgan fingerprint density at radius 3 is 2.40 bits per heavy atom. The molecule has 15 heavy (non-hydrogen) atoms. The topological polar surface area (TPSA) is 9.23 Å². The molecule has 0 aromatic heterocycles. The Balaban J connectivity index is 2.66. The lowest BCUT2D eigenvalue weighted by Gasteiger charge is -2.27. The van der Waals surface area contributed by atoms with E-state index in [0.29, 0.717) is 0 Å². The summed E-state index contributed by atoms with van der Waals surface area (Å²) in [5, 5.41) is 0. The quantitative estimate of drug-likeness (QED) is 0.546. The van der Waals surface area contributed by atoms with Crippen molar-refractivity contribution in [1.82, 2.24) is 0 Å². The molecular formula is C13H22NO+. The van der Waals surface area contributed by atoms with Crippen LogP contribution in [0, 0.1) is 13.8 Å². The predicted molar refractivity (Wildman–Crippen MR) is 64.1 cm³/mol. The number of ether oxygens (including phenoxy) is 1. The van der Waals surface area contributed by atoms with Crippen molar-refractivity contribution in [2.75, 3.05) is 27.4 Å². The molecule has 1 aromatic rings. The summed E-state index contributed by atoms with van der Waals surface area (Å²) >= 11 is 0. The van der Waals surface area contributed by atoms with Crippen molar-refractivity contribution >= 4 is 0 Å². The number of aryl methyl sites for hydroxylation is 2. The Bertz CT molecular complexity index is 331. The molecule has 2 heteroatoms. The molecule has 0 unspecified atom stereocenters. The van der Waals surface area contributed by atoms with Crippen molar-refractivity contribution in [2.45, 2.75) is 20.8 Å². The molecule has 0 spiro atoms. The molecule has 0 radical (unpaired) electrons. The Morgan fingerprint density at radius 1 is 1.20 bits per heavy atom. The highest BCUT2D eigenvalue weighted by atomic mass is 16.5. The van der Waals surface area contributed by atoms with E-state index in [1.807, 2.05) is 0 Å². The summed E-state index contributed by atoms with van der Waals surface area (Å²) in [6.45, 7) is 8.16. The van der Waals surface area contributed by atoms with Crippen LogP contribution in [0.1, 0.15) is 18.1 Å². The van der Waals surface area contributed by atoms with Crippen molar-refractivity contribution in [2.24, 2.45) is 0 Å². The van der Waals surface area contributed by atoms with Crippen molar-refractivity contribution in [3.63, 3.8) is 0 Å². The first-order chi connectivity index (χ1) is 6.94. The van der Waals surface area contributed by atoms with Gasteiger partial charge in [0.15, 0.2) is 0 Å². The average Bonchev–Trinajstić information content (AvgIpc) is 2.16. The van der Waals surface area contributed by atoms with Gasteiger partial charge in [-0.25, -0.2) is 0 Å². The molecule has 0 saturated heterocycles. The average molecular weight is 208 g/mol. The van der Waals surface area contributed by atoms with Gasteiger partial charge in [0, 0.05) is 0 Å². The number of nitrogens with zero attached hydrogens (tertiary/aromatic N) is 1. The Morgan fingerprint density at radius 2 is 1.87 bits per heavy atom. The van der Waals surface area contributed by atoms with Gasteiger partial charge >= 0.3 is 0 Å². The molecule has 2 nitrogen and oxygen atoms in total. The Labute approximate surface area is 93.1 Å². The van der Waals surface area contributed by atoms with E-state index in [1.165, 1.54) is 11.1 Å². The zero-order chi connectivity index (χ0) is 11.5. The minimum atomic E-state index is 0.723. The van der Waals surface area contributed by atoms with Crippen molar-refractivity contribution in [1.29, 1.82) is 0 Å². The van der Waals surface area contributed by atoms with Crippen LogP contribution in [-0.2, 0) is 0 Å². The summed E-state index contributed by atoms with van der Waals surface area (Å²) < 4.78 is 6.70. The van der Waals surface area contributed by atoms with Crippen molar-refractivity contribution in [3.8, 4) is 5.75 Å². The highest BCUT2D eigenvalue weighted by Crippen LogP contribution is 2.19. The molecule has 1 rings (SSSR count). The van der Waals surface area contributed by atoms with Crippen LogP contribution in [0.25, 0.3) is 0 Å². The summed E-state index contributed by atoms with van der Waals surface area (Å²) in [4.78, 5) is 0. The van der Waals surface area contributed by atoms with E-state index in [1.54, 1.807) is 0 Å². The van der Waals surface area contributed by atoms with Crippen LogP contribution in [0.2, 0.25) is 0 Å². The van der Waals surface area contributed by atoms with Crippen LogP contribution >= 0.6 is 0 Å². The van der Waals surface area contributed by atoms with Gasteiger partial charge in [0.2, 0.25) is 6.73 Å². The zero-order valence-corrected chi connectivity index (χ0v) is 10.5. The molecule has 0 saturated carbocycles. The fraction of sp³-hybridized carbons (Fsp3) is 0.538. The third-order valence-corrected chi connectivity index (χ3v) is 2.76. The van der Waals surface area contributed by atoms with Crippen molar-refractivity contribution in [3.05, 3.63) is 29.3 Å². The van der Waals surface area contributed by atoms with E-state index in [4.69, 9.17) is 4.74 Å². The lowest BCUT2D eigenvalue weighted by Crippen LogP contribution is -2.42. The molecule has 0 atom stereocenters. The maximum absolute atomic E-state index is 5.82.